The minimum atomic E-state index is -0.761. The molecule has 1 aromatic carbocycles. The summed E-state index contributed by atoms with van der Waals surface area (Å²) in [6, 6.07) is 10.1. The first kappa shape index (κ1) is 18.1. The van der Waals surface area contributed by atoms with Crippen LogP contribution in [0.4, 0.5) is 0 Å². The van der Waals surface area contributed by atoms with Crippen LogP contribution >= 0.6 is 0 Å². The number of hydrogen-bond acceptors (Lipinski definition) is 5. The summed E-state index contributed by atoms with van der Waals surface area (Å²) in [5, 5.41) is 11.8. The van der Waals surface area contributed by atoms with Crippen molar-refractivity contribution in [2.24, 2.45) is 0 Å². The molecule has 1 unspecified atom stereocenters. The van der Waals surface area contributed by atoms with Gasteiger partial charge in [-0.1, -0.05) is 18.2 Å². The highest BCUT2D eigenvalue weighted by atomic mass is 16.3. The van der Waals surface area contributed by atoms with E-state index in [9.17, 15) is 14.7 Å². The lowest BCUT2D eigenvalue weighted by Crippen LogP contribution is -2.35. The number of aromatic nitrogens is 1. The SMILES string of the molecule is CN(C)CCN1C(=O)C(=O)/C(=C(/O)c2c[nH]c3ccccc23)C1c1ccco1. The van der Waals surface area contributed by atoms with Crippen molar-refractivity contribution in [1.29, 1.82) is 0 Å². The zero-order valence-corrected chi connectivity index (χ0v) is 15.7. The van der Waals surface area contributed by atoms with Crippen LogP contribution in [0.5, 0.6) is 0 Å². The molecule has 2 aromatic heterocycles. The van der Waals surface area contributed by atoms with E-state index in [2.05, 4.69) is 4.98 Å². The fourth-order valence-electron chi connectivity index (χ4n) is 3.57. The van der Waals surface area contributed by atoms with Gasteiger partial charge in [-0.05, 0) is 32.3 Å². The van der Waals surface area contributed by atoms with Gasteiger partial charge in [-0.15, -0.1) is 0 Å². The van der Waals surface area contributed by atoms with Crippen LogP contribution < -0.4 is 0 Å². The van der Waals surface area contributed by atoms with Gasteiger partial charge >= 0.3 is 0 Å². The molecular weight excluding hydrogens is 358 g/mol. The summed E-state index contributed by atoms with van der Waals surface area (Å²) >= 11 is 0. The molecule has 7 heteroatoms. The number of carbonyl (C=O) groups is 2. The predicted molar refractivity (Wildman–Crippen MR) is 105 cm³/mol. The van der Waals surface area contributed by atoms with E-state index in [1.165, 1.54) is 11.2 Å². The Balaban J connectivity index is 1.86. The molecule has 7 nitrogen and oxygen atoms in total. The summed E-state index contributed by atoms with van der Waals surface area (Å²) in [6.07, 6.45) is 3.14. The van der Waals surface area contributed by atoms with Gasteiger partial charge in [-0.2, -0.15) is 0 Å². The van der Waals surface area contributed by atoms with Crippen LogP contribution in [0.15, 0.2) is 58.8 Å². The van der Waals surface area contributed by atoms with Crippen molar-refractivity contribution < 1.29 is 19.1 Å². The molecule has 1 amide bonds. The predicted octanol–water partition coefficient (Wildman–Crippen LogP) is 2.74. The molecule has 2 N–H and O–H groups in total. The van der Waals surface area contributed by atoms with Crippen molar-refractivity contribution in [3.63, 3.8) is 0 Å². The lowest BCUT2D eigenvalue weighted by molar-refractivity contribution is -0.140. The summed E-state index contributed by atoms with van der Waals surface area (Å²) in [4.78, 5) is 32.1. The molecule has 144 valence electrons. The number of furan rings is 1. The second-order valence-electron chi connectivity index (χ2n) is 7.06. The van der Waals surface area contributed by atoms with Crippen molar-refractivity contribution >= 4 is 28.4 Å². The Morgan fingerprint density at radius 3 is 2.71 bits per heavy atom. The lowest BCUT2D eigenvalue weighted by atomic mass is 9.99. The first-order valence-corrected chi connectivity index (χ1v) is 9.02. The molecule has 4 rings (SSSR count). The number of amides is 1. The number of ketones is 1. The molecule has 0 bridgehead atoms. The molecule has 0 aliphatic carbocycles. The van der Waals surface area contributed by atoms with Gasteiger partial charge in [-0.25, -0.2) is 0 Å². The van der Waals surface area contributed by atoms with E-state index in [4.69, 9.17) is 4.42 Å². The Morgan fingerprint density at radius 1 is 1.21 bits per heavy atom. The standard InChI is InChI=1S/C21H21N3O4/c1-23(2)9-10-24-18(16-8-5-11-28-16)17(20(26)21(24)27)19(25)14-12-22-15-7-4-3-6-13(14)15/h3-8,11-12,18,22,25H,9-10H2,1-2H3/b19-17+. The number of aliphatic hydroxyl groups excluding tert-OH is 1. The number of carbonyl (C=O) groups excluding carboxylic acids is 2. The number of aliphatic hydroxyl groups is 1. The van der Waals surface area contributed by atoms with Crippen LogP contribution in [0.1, 0.15) is 17.4 Å². The number of likely N-dealkylation sites (N-methyl/N-ethyl adjacent to an activating group) is 1. The summed E-state index contributed by atoms with van der Waals surface area (Å²) in [7, 11) is 3.79. The molecule has 1 saturated heterocycles. The van der Waals surface area contributed by atoms with Crippen LogP contribution in [-0.4, -0.2) is 58.8 Å². The average molecular weight is 379 g/mol. The second kappa shape index (κ2) is 7.01. The number of benzene rings is 1. The van der Waals surface area contributed by atoms with Crippen LogP contribution in [0.3, 0.4) is 0 Å². The zero-order chi connectivity index (χ0) is 19.8. The number of nitrogens with zero attached hydrogens (tertiary/aromatic N) is 2. The Kier molecular flexibility index (Phi) is 4.52. The molecule has 28 heavy (non-hydrogen) atoms. The van der Waals surface area contributed by atoms with Gasteiger partial charge in [0.25, 0.3) is 11.7 Å². The van der Waals surface area contributed by atoms with Gasteiger partial charge in [0.05, 0.1) is 11.8 Å². The molecule has 3 aromatic rings. The number of hydrogen-bond donors (Lipinski definition) is 2. The average Bonchev–Trinajstić information content (AvgIpc) is 3.39. The van der Waals surface area contributed by atoms with E-state index < -0.39 is 17.7 Å². The number of fused-ring (bicyclic) bond motifs is 1. The van der Waals surface area contributed by atoms with Crippen molar-refractivity contribution in [2.75, 3.05) is 27.2 Å². The Morgan fingerprint density at radius 2 is 2.00 bits per heavy atom. The summed E-state index contributed by atoms with van der Waals surface area (Å²) < 4.78 is 5.52. The lowest BCUT2D eigenvalue weighted by Gasteiger charge is -2.24. The molecular formula is C21H21N3O4. The number of nitrogens with one attached hydrogen (secondary N) is 1. The number of likely N-dealkylation sites (tertiary alicyclic amines) is 1. The van der Waals surface area contributed by atoms with Crippen LogP contribution in [0, 0.1) is 0 Å². The highest BCUT2D eigenvalue weighted by Gasteiger charge is 2.47. The maximum atomic E-state index is 12.9. The van der Waals surface area contributed by atoms with E-state index >= 15 is 0 Å². The molecule has 1 aliphatic heterocycles. The first-order chi connectivity index (χ1) is 13.5. The number of H-pyrrole nitrogens is 1. The molecule has 1 fully saturated rings. The van der Waals surface area contributed by atoms with E-state index in [1.807, 2.05) is 43.3 Å². The number of rotatable bonds is 5. The first-order valence-electron chi connectivity index (χ1n) is 9.02. The van der Waals surface area contributed by atoms with E-state index in [-0.39, 0.29) is 11.3 Å². The normalized spacial score (nSPS) is 19.2. The summed E-state index contributed by atoms with van der Waals surface area (Å²) in [6.45, 7) is 0.922. The van der Waals surface area contributed by atoms with E-state index in [0.717, 1.165) is 10.9 Å². The molecule has 1 atom stereocenters. The van der Waals surface area contributed by atoms with Crippen LogP contribution in [0.25, 0.3) is 16.7 Å². The highest BCUT2D eigenvalue weighted by Crippen LogP contribution is 2.40. The van der Waals surface area contributed by atoms with Crippen molar-refractivity contribution in [2.45, 2.75) is 6.04 Å². The molecule has 0 radical (unpaired) electrons. The highest BCUT2D eigenvalue weighted by molar-refractivity contribution is 6.46. The van der Waals surface area contributed by atoms with Crippen LogP contribution in [-0.2, 0) is 9.59 Å². The monoisotopic (exact) mass is 379 g/mol. The zero-order valence-electron chi connectivity index (χ0n) is 15.7. The summed E-state index contributed by atoms with van der Waals surface area (Å²) in [5.74, 6) is -1.10. The molecule has 0 saturated carbocycles. The third kappa shape index (κ3) is 2.90. The second-order valence-corrected chi connectivity index (χ2v) is 7.06. The molecule has 1 aliphatic rings. The number of para-hydroxylation sites is 1. The van der Waals surface area contributed by atoms with Crippen molar-refractivity contribution in [3.05, 3.63) is 65.8 Å². The van der Waals surface area contributed by atoms with Gasteiger partial charge in [0.2, 0.25) is 0 Å². The van der Waals surface area contributed by atoms with Gasteiger partial charge in [0.1, 0.15) is 17.6 Å². The molecule has 0 spiro atoms. The van der Waals surface area contributed by atoms with E-state index in [1.54, 1.807) is 18.3 Å². The topological polar surface area (TPSA) is 89.8 Å². The Labute approximate surface area is 161 Å². The molecule has 3 heterocycles. The quantitative estimate of drug-likeness (QED) is 0.404. The Hall–Kier alpha value is -3.32. The largest absolute Gasteiger partial charge is 0.507 e. The number of Topliss-reactive ketones (excluding diaryl/α,β-unsaturated/α-hetero) is 1. The Bertz CT molecular complexity index is 1060. The maximum absolute atomic E-state index is 12.9. The smallest absolute Gasteiger partial charge is 0.295 e. The van der Waals surface area contributed by atoms with Gasteiger partial charge in [-0.3, -0.25) is 9.59 Å². The minimum Gasteiger partial charge on any atom is -0.507 e. The third-order valence-electron chi connectivity index (χ3n) is 4.99. The third-order valence-corrected chi connectivity index (χ3v) is 4.99. The number of aromatic amines is 1. The maximum Gasteiger partial charge on any atom is 0.295 e. The van der Waals surface area contributed by atoms with Gasteiger partial charge < -0.3 is 24.3 Å². The summed E-state index contributed by atoms with van der Waals surface area (Å²) in [5.41, 5.74) is 1.36. The fourth-order valence-corrected chi connectivity index (χ4v) is 3.57. The van der Waals surface area contributed by atoms with Crippen LogP contribution in [0.2, 0.25) is 0 Å². The van der Waals surface area contributed by atoms with Crippen molar-refractivity contribution in [3.8, 4) is 0 Å². The minimum absolute atomic E-state index is 0.0449. The van der Waals surface area contributed by atoms with Gasteiger partial charge in [0.15, 0.2) is 0 Å². The fraction of sp³-hybridized carbons (Fsp3) is 0.238. The van der Waals surface area contributed by atoms with Gasteiger partial charge in [0, 0.05) is 35.8 Å². The van der Waals surface area contributed by atoms with Crippen molar-refractivity contribution in [1.82, 2.24) is 14.8 Å². The van der Waals surface area contributed by atoms with E-state index in [0.29, 0.717) is 24.4 Å².